The molecular formula is C12H20N2O2S. The summed E-state index contributed by atoms with van der Waals surface area (Å²) in [6, 6.07) is 0. The molecule has 0 spiro atoms. The van der Waals surface area contributed by atoms with E-state index in [4.69, 9.17) is 9.47 Å². The van der Waals surface area contributed by atoms with Crippen LogP contribution in [0.2, 0.25) is 0 Å². The minimum absolute atomic E-state index is 0.310. The van der Waals surface area contributed by atoms with Crippen molar-refractivity contribution in [2.45, 2.75) is 26.0 Å². The predicted octanol–water partition coefficient (Wildman–Crippen LogP) is 1.69. The highest BCUT2D eigenvalue weighted by molar-refractivity contribution is 7.09. The van der Waals surface area contributed by atoms with Gasteiger partial charge in [0.25, 0.3) is 0 Å². The van der Waals surface area contributed by atoms with Crippen LogP contribution in [0.1, 0.15) is 17.1 Å². The van der Waals surface area contributed by atoms with Crippen molar-refractivity contribution < 1.29 is 9.47 Å². The lowest BCUT2D eigenvalue weighted by molar-refractivity contribution is -0.0432. The van der Waals surface area contributed by atoms with Gasteiger partial charge < -0.3 is 9.47 Å². The van der Waals surface area contributed by atoms with Crippen LogP contribution in [0.4, 0.5) is 0 Å². The molecule has 2 rings (SSSR count). The first-order valence-corrected chi connectivity index (χ1v) is 6.90. The lowest BCUT2D eigenvalue weighted by Gasteiger charge is -2.32. The number of nitrogens with zero attached hydrogens (tertiary/aromatic N) is 2. The molecule has 96 valence electrons. The molecule has 0 aliphatic carbocycles. The summed E-state index contributed by atoms with van der Waals surface area (Å²) < 4.78 is 10.8. The van der Waals surface area contributed by atoms with Gasteiger partial charge in [0.05, 0.1) is 19.3 Å². The Morgan fingerprint density at radius 3 is 3.24 bits per heavy atom. The normalized spacial score (nSPS) is 21.9. The highest BCUT2D eigenvalue weighted by Gasteiger charge is 2.20. The highest BCUT2D eigenvalue weighted by atomic mass is 32.1. The fourth-order valence-corrected chi connectivity index (χ4v) is 2.83. The van der Waals surface area contributed by atoms with Gasteiger partial charge in [0.1, 0.15) is 5.01 Å². The van der Waals surface area contributed by atoms with Crippen LogP contribution in [-0.4, -0.2) is 49.4 Å². The third-order valence-electron chi connectivity index (χ3n) is 2.89. The number of rotatable bonds is 5. The van der Waals surface area contributed by atoms with E-state index in [0.29, 0.717) is 6.10 Å². The largest absolute Gasteiger partial charge is 0.385 e. The average molecular weight is 256 g/mol. The van der Waals surface area contributed by atoms with Crippen LogP contribution < -0.4 is 0 Å². The van der Waals surface area contributed by atoms with E-state index in [2.05, 4.69) is 15.3 Å². The Bertz CT molecular complexity index is 343. The van der Waals surface area contributed by atoms with Gasteiger partial charge in [-0.05, 0) is 13.3 Å². The fourth-order valence-electron chi connectivity index (χ4n) is 2.01. The Balaban J connectivity index is 1.80. The van der Waals surface area contributed by atoms with Gasteiger partial charge in [0, 0.05) is 37.9 Å². The minimum atomic E-state index is 0.310. The zero-order valence-corrected chi connectivity index (χ0v) is 11.3. The van der Waals surface area contributed by atoms with Crippen LogP contribution in [0.15, 0.2) is 5.38 Å². The van der Waals surface area contributed by atoms with Gasteiger partial charge in [-0.3, -0.25) is 4.90 Å². The second-order valence-corrected chi connectivity index (χ2v) is 5.33. The summed E-state index contributed by atoms with van der Waals surface area (Å²) in [7, 11) is 1.74. The number of aromatic nitrogens is 1. The second kappa shape index (κ2) is 6.44. The van der Waals surface area contributed by atoms with Gasteiger partial charge in [0.2, 0.25) is 0 Å². The van der Waals surface area contributed by atoms with Crippen molar-refractivity contribution in [2.24, 2.45) is 0 Å². The Hall–Kier alpha value is -0.490. The Morgan fingerprint density at radius 2 is 2.53 bits per heavy atom. The third kappa shape index (κ3) is 4.03. The van der Waals surface area contributed by atoms with E-state index in [1.807, 2.05) is 6.92 Å². The monoisotopic (exact) mass is 256 g/mol. The molecular weight excluding hydrogens is 236 g/mol. The number of hydrogen-bond acceptors (Lipinski definition) is 5. The molecule has 1 atom stereocenters. The van der Waals surface area contributed by atoms with Crippen molar-refractivity contribution in [3.05, 3.63) is 16.1 Å². The lowest BCUT2D eigenvalue weighted by atomic mass is 10.2. The summed E-state index contributed by atoms with van der Waals surface area (Å²) in [4.78, 5) is 6.92. The zero-order chi connectivity index (χ0) is 12.1. The van der Waals surface area contributed by atoms with Crippen LogP contribution in [0.25, 0.3) is 0 Å². The molecule has 5 heteroatoms. The molecule has 0 radical (unpaired) electrons. The number of aryl methyl sites for hydroxylation is 1. The smallest absolute Gasteiger partial charge is 0.107 e. The zero-order valence-electron chi connectivity index (χ0n) is 10.5. The van der Waals surface area contributed by atoms with Gasteiger partial charge in [-0.25, -0.2) is 4.98 Å². The molecule has 1 aromatic rings. The van der Waals surface area contributed by atoms with Crippen molar-refractivity contribution in [1.82, 2.24) is 9.88 Å². The molecule has 1 fully saturated rings. The Labute approximate surface area is 107 Å². The second-order valence-electron chi connectivity index (χ2n) is 4.39. The number of ether oxygens (including phenoxy) is 2. The average Bonchev–Trinajstić information content (AvgIpc) is 2.73. The van der Waals surface area contributed by atoms with Crippen molar-refractivity contribution in [1.29, 1.82) is 0 Å². The molecule has 1 aliphatic rings. The number of methoxy groups -OCH3 is 1. The van der Waals surface area contributed by atoms with Gasteiger partial charge in [-0.15, -0.1) is 11.3 Å². The van der Waals surface area contributed by atoms with E-state index in [-0.39, 0.29) is 0 Å². The summed E-state index contributed by atoms with van der Waals surface area (Å²) >= 11 is 1.74. The summed E-state index contributed by atoms with van der Waals surface area (Å²) in [5.74, 6) is 0. The van der Waals surface area contributed by atoms with Gasteiger partial charge >= 0.3 is 0 Å². The summed E-state index contributed by atoms with van der Waals surface area (Å²) in [5.41, 5.74) is 1.12. The molecule has 1 aromatic heterocycles. The van der Waals surface area contributed by atoms with Crippen molar-refractivity contribution in [2.75, 3.05) is 33.4 Å². The molecule has 4 nitrogen and oxygen atoms in total. The van der Waals surface area contributed by atoms with Crippen LogP contribution in [-0.2, 0) is 16.0 Å². The van der Waals surface area contributed by atoms with E-state index < -0.39 is 0 Å². The molecule has 0 bridgehead atoms. The van der Waals surface area contributed by atoms with E-state index >= 15 is 0 Å². The molecule has 1 saturated heterocycles. The molecule has 0 unspecified atom stereocenters. The van der Waals surface area contributed by atoms with Crippen molar-refractivity contribution in [3.8, 4) is 0 Å². The lowest BCUT2D eigenvalue weighted by Crippen LogP contribution is -2.42. The maximum atomic E-state index is 5.71. The maximum absolute atomic E-state index is 5.71. The third-order valence-corrected chi connectivity index (χ3v) is 3.84. The van der Waals surface area contributed by atoms with Crippen LogP contribution in [0, 0.1) is 6.92 Å². The van der Waals surface area contributed by atoms with E-state index in [1.54, 1.807) is 18.4 Å². The van der Waals surface area contributed by atoms with E-state index in [1.165, 1.54) is 5.01 Å². The SMILES string of the molecule is COCC[C@H]1CN(Cc2nc(C)cs2)CCO1. The topological polar surface area (TPSA) is 34.6 Å². The molecule has 1 aliphatic heterocycles. The number of hydrogen-bond donors (Lipinski definition) is 0. The standard InChI is InChI=1S/C12H20N2O2S/c1-10-9-17-12(13-10)8-14-4-6-16-11(7-14)3-5-15-2/h9,11H,3-8H2,1-2H3/t11-/m0/s1. The van der Waals surface area contributed by atoms with E-state index in [0.717, 1.165) is 45.0 Å². The molecule has 0 amide bonds. The first kappa shape index (κ1) is 13.0. The molecule has 2 heterocycles. The van der Waals surface area contributed by atoms with Crippen LogP contribution >= 0.6 is 11.3 Å². The quantitative estimate of drug-likeness (QED) is 0.803. The molecule has 0 N–H and O–H groups in total. The Morgan fingerprint density at radius 1 is 1.65 bits per heavy atom. The Kier molecular flexibility index (Phi) is 4.91. The first-order valence-electron chi connectivity index (χ1n) is 6.02. The molecule has 17 heavy (non-hydrogen) atoms. The van der Waals surface area contributed by atoms with Crippen LogP contribution in [0.5, 0.6) is 0 Å². The van der Waals surface area contributed by atoms with Gasteiger partial charge in [-0.1, -0.05) is 0 Å². The van der Waals surface area contributed by atoms with Crippen molar-refractivity contribution in [3.63, 3.8) is 0 Å². The maximum Gasteiger partial charge on any atom is 0.107 e. The van der Waals surface area contributed by atoms with E-state index in [9.17, 15) is 0 Å². The van der Waals surface area contributed by atoms with Gasteiger partial charge in [0.15, 0.2) is 0 Å². The summed E-state index contributed by atoms with van der Waals surface area (Å²) in [6.45, 7) is 6.57. The predicted molar refractivity (Wildman–Crippen MR) is 68.4 cm³/mol. The fraction of sp³-hybridized carbons (Fsp3) is 0.750. The summed E-state index contributed by atoms with van der Waals surface area (Å²) in [5, 5.41) is 3.31. The van der Waals surface area contributed by atoms with Crippen molar-refractivity contribution >= 4 is 11.3 Å². The van der Waals surface area contributed by atoms with Crippen LogP contribution in [0.3, 0.4) is 0 Å². The number of thiazole rings is 1. The minimum Gasteiger partial charge on any atom is -0.385 e. The number of morpholine rings is 1. The molecule has 0 saturated carbocycles. The highest BCUT2D eigenvalue weighted by Crippen LogP contribution is 2.15. The molecule has 0 aromatic carbocycles. The first-order chi connectivity index (χ1) is 8.28. The van der Waals surface area contributed by atoms with Gasteiger partial charge in [-0.2, -0.15) is 0 Å². The summed E-state index contributed by atoms with van der Waals surface area (Å²) in [6.07, 6.45) is 1.29.